The van der Waals surface area contributed by atoms with E-state index < -0.39 is 5.91 Å². The van der Waals surface area contributed by atoms with Crippen LogP contribution in [0.25, 0.3) is 0 Å². The van der Waals surface area contributed by atoms with Crippen LogP contribution in [0.1, 0.15) is 15.9 Å². The molecule has 5 heteroatoms. The lowest BCUT2D eigenvalue weighted by molar-refractivity contribution is -0.118. The summed E-state index contributed by atoms with van der Waals surface area (Å²) in [5.41, 5.74) is 7.09. The first-order valence-corrected chi connectivity index (χ1v) is 7.11. The van der Waals surface area contributed by atoms with Gasteiger partial charge in [-0.2, -0.15) is 0 Å². The zero-order valence-corrected chi connectivity index (χ0v) is 12.6. The van der Waals surface area contributed by atoms with E-state index in [-0.39, 0.29) is 12.5 Å². The number of benzene rings is 2. The minimum absolute atomic E-state index is 0.105. The number of carbonyl (C=O) groups is 2. The summed E-state index contributed by atoms with van der Waals surface area (Å²) >= 11 is 0. The van der Waals surface area contributed by atoms with Crippen LogP contribution in [0, 0.1) is 0 Å². The molecular weight excluding hydrogens is 292 g/mol. The van der Waals surface area contributed by atoms with Gasteiger partial charge in [0, 0.05) is 11.3 Å². The van der Waals surface area contributed by atoms with Crippen molar-refractivity contribution in [2.24, 2.45) is 5.73 Å². The fourth-order valence-corrected chi connectivity index (χ4v) is 2.03. The van der Waals surface area contributed by atoms with Crippen LogP contribution < -0.4 is 15.8 Å². The van der Waals surface area contributed by atoms with Crippen LogP contribution in [0.2, 0.25) is 0 Å². The summed E-state index contributed by atoms with van der Waals surface area (Å²) < 4.78 is 5.55. The monoisotopic (exact) mass is 310 g/mol. The number of hydrogen-bond donors (Lipinski definition) is 2. The second kappa shape index (κ2) is 7.79. The van der Waals surface area contributed by atoms with Gasteiger partial charge in [0.1, 0.15) is 5.75 Å². The summed E-state index contributed by atoms with van der Waals surface area (Å²) in [6.07, 6.45) is 2.45. The van der Waals surface area contributed by atoms with Crippen molar-refractivity contribution in [3.8, 4) is 5.75 Å². The average molecular weight is 310 g/mol. The number of amides is 2. The number of nitrogens with two attached hydrogens (primary N) is 1. The van der Waals surface area contributed by atoms with Crippen molar-refractivity contribution in [1.82, 2.24) is 0 Å². The summed E-state index contributed by atoms with van der Waals surface area (Å²) in [5, 5.41) is 2.69. The Morgan fingerprint density at radius 1 is 1.13 bits per heavy atom. The minimum atomic E-state index is -0.509. The number of anilines is 1. The maximum absolute atomic E-state index is 11.9. The minimum Gasteiger partial charge on any atom is -0.483 e. The summed E-state index contributed by atoms with van der Waals surface area (Å²) in [4.78, 5) is 22.9. The molecule has 0 spiro atoms. The molecule has 0 radical (unpaired) electrons. The van der Waals surface area contributed by atoms with E-state index in [1.807, 2.05) is 24.3 Å². The Balaban J connectivity index is 1.92. The van der Waals surface area contributed by atoms with Gasteiger partial charge in [-0.15, -0.1) is 6.58 Å². The van der Waals surface area contributed by atoms with Gasteiger partial charge in [0.25, 0.3) is 5.91 Å². The Hall–Kier alpha value is -3.08. The molecule has 2 amide bonds. The van der Waals surface area contributed by atoms with Crippen molar-refractivity contribution in [2.75, 3.05) is 11.9 Å². The van der Waals surface area contributed by atoms with Crippen molar-refractivity contribution in [3.05, 3.63) is 72.3 Å². The molecule has 0 aliphatic rings. The van der Waals surface area contributed by atoms with E-state index in [9.17, 15) is 9.59 Å². The SMILES string of the molecule is C=CCc1ccccc1OCC(=O)Nc1ccc(C(N)=O)cc1. The smallest absolute Gasteiger partial charge is 0.262 e. The molecule has 0 aliphatic heterocycles. The predicted octanol–water partition coefficient (Wildman–Crippen LogP) is 2.53. The summed E-state index contributed by atoms with van der Waals surface area (Å²) in [6, 6.07) is 13.8. The first kappa shape index (κ1) is 16.3. The molecule has 0 aromatic heterocycles. The Morgan fingerprint density at radius 2 is 1.83 bits per heavy atom. The van der Waals surface area contributed by atoms with Gasteiger partial charge in [-0.05, 0) is 42.3 Å². The first-order valence-electron chi connectivity index (χ1n) is 7.11. The average Bonchev–Trinajstić information content (AvgIpc) is 2.55. The van der Waals surface area contributed by atoms with Crippen LogP contribution in [0.4, 0.5) is 5.69 Å². The van der Waals surface area contributed by atoms with E-state index in [1.165, 1.54) is 0 Å². The van der Waals surface area contributed by atoms with Gasteiger partial charge in [0.05, 0.1) is 0 Å². The van der Waals surface area contributed by atoms with Gasteiger partial charge in [-0.3, -0.25) is 9.59 Å². The van der Waals surface area contributed by atoms with Gasteiger partial charge < -0.3 is 15.8 Å². The lowest BCUT2D eigenvalue weighted by Crippen LogP contribution is -2.20. The number of hydrogen-bond acceptors (Lipinski definition) is 3. The fourth-order valence-electron chi connectivity index (χ4n) is 2.03. The lowest BCUT2D eigenvalue weighted by Gasteiger charge is -2.10. The summed E-state index contributed by atoms with van der Waals surface area (Å²) in [6.45, 7) is 3.59. The van der Waals surface area contributed by atoms with Crippen molar-refractivity contribution in [3.63, 3.8) is 0 Å². The van der Waals surface area contributed by atoms with E-state index in [4.69, 9.17) is 10.5 Å². The third kappa shape index (κ3) is 4.71. The molecule has 0 saturated carbocycles. The van der Waals surface area contributed by atoms with Crippen LogP contribution >= 0.6 is 0 Å². The molecule has 0 aliphatic carbocycles. The Kier molecular flexibility index (Phi) is 5.52. The normalized spacial score (nSPS) is 9.91. The van der Waals surface area contributed by atoms with Gasteiger partial charge in [-0.1, -0.05) is 24.3 Å². The molecular formula is C18H18N2O3. The second-order valence-corrected chi connectivity index (χ2v) is 4.88. The molecule has 0 atom stereocenters. The number of carbonyl (C=O) groups excluding carboxylic acids is 2. The number of rotatable bonds is 7. The van der Waals surface area contributed by atoms with Crippen molar-refractivity contribution in [2.45, 2.75) is 6.42 Å². The van der Waals surface area contributed by atoms with Crippen LogP contribution in [0.3, 0.4) is 0 Å². The predicted molar refractivity (Wildman–Crippen MR) is 89.4 cm³/mol. The summed E-state index contributed by atoms with van der Waals surface area (Å²) in [5.74, 6) is -0.137. The van der Waals surface area contributed by atoms with E-state index in [1.54, 1.807) is 30.3 Å². The van der Waals surface area contributed by atoms with E-state index in [0.717, 1.165) is 5.56 Å². The van der Waals surface area contributed by atoms with E-state index in [2.05, 4.69) is 11.9 Å². The molecule has 5 nitrogen and oxygen atoms in total. The molecule has 2 aromatic carbocycles. The van der Waals surface area contributed by atoms with Crippen LogP contribution in [-0.2, 0) is 11.2 Å². The molecule has 0 saturated heterocycles. The third-order valence-electron chi connectivity index (χ3n) is 3.15. The highest BCUT2D eigenvalue weighted by Crippen LogP contribution is 2.18. The second-order valence-electron chi connectivity index (χ2n) is 4.88. The molecule has 0 unspecified atom stereocenters. The standard InChI is InChI=1S/C18H18N2O3/c1-2-5-13-6-3-4-7-16(13)23-12-17(21)20-15-10-8-14(9-11-15)18(19)22/h2-4,6-11H,1,5,12H2,(H2,19,22)(H,20,21). The van der Waals surface area contributed by atoms with Gasteiger partial charge >= 0.3 is 0 Å². The van der Waals surface area contributed by atoms with Crippen molar-refractivity contribution >= 4 is 17.5 Å². The highest BCUT2D eigenvalue weighted by Gasteiger charge is 2.07. The van der Waals surface area contributed by atoms with Crippen LogP contribution in [0.15, 0.2) is 61.2 Å². The molecule has 2 aromatic rings. The zero-order chi connectivity index (χ0) is 16.7. The first-order chi connectivity index (χ1) is 11.1. The number of primary amides is 1. The van der Waals surface area contributed by atoms with Gasteiger partial charge in [0.15, 0.2) is 6.61 Å². The highest BCUT2D eigenvalue weighted by atomic mass is 16.5. The molecule has 118 valence electrons. The molecule has 3 N–H and O–H groups in total. The summed E-state index contributed by atoms with van der Waals surface area (Å²) in [7, 11) is 0. The number of nitrogens with one attached hydrogen (secondary N) is 1. The molecule has 0 heterocycles. The largest absolute Gasteiger partial charge is 0.483 e. The Bertz CT molecular complexity index is 708. The van der Waals surface area contributed by atoms with E-state index in [0.29, 0.717) is 23.4 Å². The number of para-hydroxylation sites is 1. The van der Waals surface area contributed by atoms with Gasteiger partial charge in [0.2, 0.25) is 5.91 Å². The quantitative estimate of drug-likeness (QED) is 0.771. The molecule has 0 fully saturated rings. The molecule has 23 heavy (non-hydrogen) atoms. The molecule has 2 rings (SSSR count). The van der Waals surface area contributed by atoms with E-state index >= 15 is 0 Å². The number of ether oxygens (including phenoxy) is 1. The maximum atomic E-state index is 11.9. The van der Waals surface area contributed by atoms with Gasteiger partial charge in [-0.25, -0.2) is 0 Å². The fraction of sp³-hybridized carbons (Fsp3) is 0.111. The highest BCUT2D eigenvalue weighted by molar-refractivity contribution is 5.95. The van der Waals surface area contributed by atoms with Crippen molar-refractivity contribution < 1.29 is 14.3 Å². The van der Waals surface area contributed by atoms with Crippen LogP contribution in [0.5, 0.6) is 5.75 Å². The zero-order valence-electron chi connectivity index (χ0n) is 12.6. The number of allylic oxidation sites excluding steroid dienone is 1. The van der Waals surface area contributed by atoms with Crippen LogP contribution in [-0.4, -0.2) is 18.4 Å². The Morgan fingerprint density at radius 3 is 2.48 bits per heavy atom. The topological polar surface area (TPSA) is 81.4 Å². The van der Waals surface area contributed by atoms with Crippen molar-refractivity contribution in [1.29, 1.82) is 0 Å². The molecule has 0 bridgehead atoms. The maximum Gasteiger partial charge on any atom is 0.262 e. The Labute approximate surface area is 134 Å². The third-order valence-corrected chi connectivity index (χ3v) is 3.15. The lowest BCUT2D eigenvalue weighted by atomic mass is 10.1.